The molecule has 24 heavy (non-hydrogen) atoms. The molecule has 1 aliphatic rings. The van der Waals surface area contributed by atoms with E-state index in [-0.39, 0.29) is 30.5 Å². The summed E-state index contributed by atoms with van der Waals surface area (Å²) in [6, 6.07) is 7.95. The molecule has 1 fully saturated rings. The van der Waals surface area contributed by atoms with Gasteiger partial charge in [-0.3, -0.25) is 4.79 Å². The van der Waals surface area contributed by atoms with Gasteiger partial charge in [-0.15, -0.1) is 12.4 Å². The lowest BCUT2D eigenvalue weighted by Gasteiger charge is -2.22. The first-order valence-corrected chi connectivity index (χ1v) is 8.80. The Kier molecular flexibility index (Phi) is 9.34. The molecule has 4 nitrogen and oxygen atoms in total. The summed E-state index contributed by atoms with van der Waals surface area (Å²) in [6.07, 6.45) is 5.30. The number of rotatable bonds is 8. The highest BCUT2D eigenvalue weighted by Crippen LogP contribution is 2.22. The van der Waals surface area contributed by atoms with Crippen molar-refractivity contribution in [3.63, 3.8) is 0 Å². The summed E-state index contributed by atoms with van der Waals surface area (Å²) in [7, 11) is 0. The first kappa shape index (κ1) is 20.9. The minimum Gasteiger partial charge on any atom is -0.461 e. The lowest BCUT2D eigenvalue weighted by molar-refractivity contribution is -0.151. The van der Waals surface area contributed by atoms with Crippen LogP contribution in [0.25, 0.3) is 0 Å². The number of esters is 1. The molecule has 0 amide bonds. The number of hydrogen-bond donors (Lipinski definition) is 2. The largest absolute Gasteiger partial charge is 0.461 e. The zero-order valence-electron chi connectivity index (χ0n) is 14.8. The summed E-state index contributed by atoms with van der Waals surface area (Å²) in [6.45, 7) is 5.49. The van der Waals surface area contributed by atoms with Crippen LogP contribution < -0.4 is 11.1 Å². The van der Waals surface area contributed by atoms with Crippen molar-refractivity contribution >= 4 is 18.4 Å². The van der Waals surface area contributed by atoms with Crippen LogP contribution in [-0.2, 0) is 22.6 Å². The second-order valence-corrected chi connectivity index (χ2v) is 6.93. The Morgan fingerprint density at radius 3 is 2.33 bits per heavy atom. The van der Waals surface area contributed by atoms with Crippen LogP contribution in [0.1, 0.15) is 57.1 Å². The molecule has 0 heterocycles. The number of nitrogens with one attached hydrogen (secondary N) is 1. The third-order valence-electron chi connectivity index (χ3n) is 4.39. The molecular formula is C19H31ClN2O2. The van der Waals surface area contributed by atoms with Crippen molar-refractivity contribution in [1.29, 1.82) is 0 Å². The highest BCUT2D eigenvalue weighted by atomic mass is 35.5. The molecule has 0 unspecified atom stereocenters. The molecule has 1 aliphatic carbocycles. The first-order chi connectivity index (χ1) is 11.1. The molecule has 0 spiro atoms. The average molecular weight is 355 g/mol. The lowest BCUT2D eigenvalue weighted by atomic mass is 10.0. The minimum absolute atomic E-state index is 0. The third kappa shape index (κ3) is 6.80. The van der Waals surface area contributed by atoms with E-state index in [1.54, 1.807) is 0 Å². The number of ether oxygens (including phenoxy) is 1. The van der Waals surface area contributed by atoms with E-state index in [0.29, 0.717) is 19.0 Å². The van der Waals surface area contributed by atoms with Crippen molar-refractivity contribution in [2.45, 2.75) is 71.2 Å². The van der Waals surface area contributed by atoms with Gasteiger partial charge in [0.2, 0.25) is 0 Å². The standard InChI is InChI=1S/C19H30N2O2.ClH/c1-14(2)11-18(19(22)23-17-5-3-4-6-17)21-13-16-9-7-15(12-20)8-10-16;/h7-10,14,17-18,21H,3-6,11-13,20H2,1-2H3;1H/t18-;/m0./s1. The molecule has 1 atom stereocenters. The van der Waals surface area contributed by atoms with Gasteiger partial charge in [-0.05, 0) is 49.1 Å². The smallest absolute Gasteiger partial charge is 0.323 e. The van der Waals surface area contributed by atoms with Crippen LogP contribution in [0, 0.1) is 5.92 Å². The Bertz CT molecular complexity index is 485. The lowest BCUT2D eigenvalue weighted by Crippen LogP contribution is -2.40. The normalized spacial score (nSPS) is 16.0. The van der Waals surface area contributed by atoms with Crippen LogP contribution in [-0.4, -0.2) is 18.1 Å². The van der Waals surface area contributed by atoms with Crippen LogP contribution >= 0.6 is 12.4 Å². The molecule has 5 heteroatoms. The Hall–Kier alpha value is -1.10. The van der Waals surface area contributed by atoms with E-state index in [0.717, 1.165) is 30.4 Å². The Labute approximate surface area is 151 Å². The van der Waals surface area contributed by atoms with Crippen molar-refractivity contribution in [1.82, 2.24) is 5.32 Å². The SMILES string of the molecule is CC(C)C[C@H](NCc1ccc(CN)cc1)C(=O)OC1CCCC1.Cl. The maximum Gasteiger partial charge on any atom is 0.323 e. The second-order valence-electron chi connectivity index (χ2n) is 6.93. The van der Waals surface area contributed by atoms with E-state index < -0.39 is 0 Å². The van der Waals surface area contributed by atoms with Gasteiger partial charge in [-0.1, -0.05) is 38.1 Å². The molecule has 0 aromatic heterocycles. The average Bonchev–Trinajstić information content (AvgIpc) is 3.04. The van der Waals surface area contributed by atoms with Gasteiger partial charge in [0.25, 0.3) is 0 Å². The van der Waals surface area contributed by atoms with E-state index >= 15 is 0 Å². The highest BCUT2D eigenvalue weighted by Gasteiger charge is 2.25. The fraction of sp³-hybridized carbons (Fsp3) is 0.632. The van der Waals surface area contributed by atoms with Gasteiger partial charge in [0.05, 0.1) is 0 Å². The van der Waals surface area contributed by atoms with Crippen LogP contribution in [0.4, 0.5) is 0 Å². The monoisotopic (exact) mass is 354 g/mol. The van der Waals surface area contributed by atoms with Gasteiger partial charge in [0, 0.05) is 13.1 Å². The van der Waals surface area contributed by atoms with E-state index in [9.17, 15) is 4.79 Å². The molecule has 3 N–H and O–H groups in total. The number of benzene rings is 1. The number of hydrogen-bond acceptors (Lipinski definition) is 4. The maximum atomic E-state index is 12.5. The summed E-state index contributed by atoms with van der Waals surface area (Å²) in [5.41, 5.74) is 7.89. The topological polar surface area (TPSA) is 64.3 Å². The van der Waals surface area contributed by atoms with Crippen molar-refractivity contribution in [3.8, 4) is 0 Å². The molecule has 136 valence electrons. The van der Waals surface area contributed by atoms with Gasteiger partial charge in [-0.25, -0.2) is 0 Å². The molecule has 0 aliphatic heterocycles. The Balaban J connectivity index is 0.00000288. The molecule has 1 aromatic rings. The highest BCUT2D eigenvalue weighted by molar-refractivity contribution is 5.85. The van der Waals surface area contributed by atoms with Gasteiger partial charge in [0.15, 0.2) is 0 Å². The van der Waals surface area contributed by atoms with E-state index in [4.69, 9.17) is 10.5 Å². The molecule has 1 aromatic carbocycles. The van der Waals surface area contributed by atoms with Crippen LogP contribution in [0.15, 0.2) is 24.3 Å². The van der Waals surface area contributed by atoms with E-state index in [1.165, 1.54) is 12.8 Å². The van der Waals surface area contributed by atoms with E-state index in [2.05, 4.69) is 31.3 Å². The number of nitrogens with two attached hydrogens (primary N) is 1. The summed E-state index contributed by atoms with van der Waals surface area (Å²) < 4.78 is 5.68. The Morgan fingerprint density at radius 1 is 1.21 bits per heavy atom. The zero-order chi connectivity index (χ0) is 16.7. The fourth-order valence-electron chi connectivity index (χ4n) is 3.02. The molecule has 0 bridgehead atoms. The minimum atomic E-state index is -0.232. The van der Waals surface area contributed by atoms with E-state index in [1.807, 2.05) is 12.1 Å². The second kappa shape index (κ2) is 10.7. The molecule has 2 rings (SSSR count). The van der Waals surface area contributed by atoms with Gasteiger partial charge in [-0.2, -0.15) is 0 Å². The summed E-state index contributed by atoms with van der Waals surface area (Å²) in [5.74, 6) is 0.354. The predicted molar refractivity (Wildman–Crippen MR) is 100 cm³/mol. The molecule has 0 saturated heterocycles. The van der Waals surface area contributed by atoms with Crippen molar-refractivity contribution < 1.29 is 9.53 Å². The van der Waals surface area contributed by atoms with Crippen molar-refractivity contribution in [2.24, 2.45) is 11.7 Å². The van der Waals surface area contributed by atoms with Crippen LogP contribution in [0.3, 0.4) is 0 Å². The molecular weight excluding hydrogens is 324 g/mol. The van der Waals surface area contributed by atoms with Gasteiger partial charge < -0.3 is 15.8 Å². The molecule has 1 saturated carbocycles. The Morgan fingerprint density at radius 2 is 1.79 bits per heavy atom. The van der Waals surface area contributed by atoms with Gasteiger partial charge >= 0.3 is 5.97 Å². The number of carbonyl (C=O) groups excluding carboxylic acids is 1. The maximum absolute atomic E-state index is 12.5. The van der Waals surface area contributed by atoms with Crippen LogP contribution in [0.5, 0.6) is 0 Å². The summed E-state index contributed by atoms with van der Waals surface area (Å²) >= 11 is 0. The first-order valence-electron chi connectivity index (χ1n) is 8.80. The van der Waals surface area contributed by atoms with Gasteiger partial charge in [0.1, 0.15) is 12.1 Å². The van der Waals surface area contributed by atoms with Crippen molar-refractivity contribution in [3.05, 3.63) is 35.4 Å². The van der Waals surface area contributed by atoms with Crippen molar-refractivity contribution in [2.75, 3.05) is 0 Å². The fourth-order valence-corrected chi connectivity index (χ4v) is 3.02. The molecule has 0 radical (unpaired) electrons. The number of halogens is 1. The van der Waals surface area contributed by atoms with Crippen LogP contribution in [0.2, 0.25) is 0 Å². The summed E-state index contributed by atoms with van der Waals surface area (Å²) in [5, 5.41) is 3.37. The number of carbonyl (C=O) groups is 1. The third-order valence-corrected chi connectivity index (χ3v) is 4.39. The predicted octanol–water partition coefficient (Wildman–Crippen LogP) is 3.56. The quantitative estimate of drug-likeness (QED) is 0.700. The zero-order valence-corrected chi connectivity index (χ0v) is 15.6. The summed E-state index contributed by atoms with van der Waals surface area (Å²) in [4.78, 5) is 12.5.